The number of nitrogens with two attached hydrogens (primary N) is 1. The quantitative estimate of drug-likeness (QED) is 0.541. The lowest BCUT2D eigenvalue weighted by Crippen LogP contribution is -2.15. The summed E-state index contributed by atoms with van der Waals surface area (Å²) in [6.45, 7) is 0. The molecule has 118 valence electrons. The summed E-state index contributed by atoms with van der Waals surface area (Å²) >= 11 is 1.72. The van der Waals surface area contributed by atoms with Crippen molar-refractivity contribution in [2.24, 2.45) is 5.14 Å². The van der Waals surface area contributed by atoms with Crippen LogP contribution in [0.4, 0.5) is 4.39 Å². The first-order valence-electron chi connectivity index (χ1n) is 5.60. The van der Waals surface area contributed by atoms with Gasteiger partial charge in [-0.25, -0.2) is 17.9 Å². The van der Waals surface area contributed by atoms with Crippen LogP contribution < -0.4 is 5.14 Å². The molecular formula is C12H9FINO5S2. The number of primary sulfonamides is 1. The lowest BCUT2D eigenvalue weighted by atomic mass is 10.1. The van der Waals surface area contributed by atoms with E-state index in [0.717, 1.165) is 24.3 Å². The minimum Gasteiger partial charge on any atom is -0.282 e. The van der Waals surface area contributed by atoms with Gasteiger partial charge in [0.15, 0.2) is 0 Å². The molecule has 3 N–H and O–H groups in total. The molecule has 0 aliphatic carbocycles. The summed E-state index contributed by atoms with van der Waals surface area (Å²) < 4.78 is 69.6. The van der Waals surface area contributed by atoms with Crippen LogP contribution in [0.5, 0.6) is 0 Å². The number of benzene rings is 2. The predicted octanol–water partition coefficient (Wildman–Crippen LogP) is 1.99. The van der Waals surface area contributed by atoms with E-state index in [2.05, 4.69) is 0 Å². The summed E-state index contributed by atoms with van der Waals surface area (Å²) in [6, 6.07) is 6.86. The average Bonchev–Trinajstić information content (AvgIpc) is 2.39. The summed E-state index contributed by atoms with van der Waals surface area (Å²) in [4.78, 5) is -1.19. The molecule has 0 aromatic heterocycles. The first-order valence-corrected chi connectivity index (χ1v) is 9.67. The highest BCUT2D eigenvalue weighted by molar-refractivity contribution is 14.1. The van der Waals surface area contributed by atoms with Crippen LogP contribution in [0.3, 0.4) is 0 Å². The lowest BCUT2D eigenvalue weighted by Gasteiger charge is -2.12. The van der Waals surface area contributed by atoms with Crippen molar-refractivity contribution in [1.29, 1.82) is 0 Å². The largest absolute Gasteiger partial charge is 0.295 e. The number of halogens is 2. The Morgan fingerprint density at radius 2 is 1.64 bits per heavy atom. The third-order valence-electron chi connectivity index (χ3n) is 2.78. The van der Waals surface area contributed by atoms with E-state index in [0.29, 0.717) is 0 Å². The summed E-state index contributed by atoms with van der Waals surface area (Å²) in [5.74, 6) is -0.663. The Morgan fingerprint density at radius 1 is 1.05 bits per heavy atom. The van der Waals surface area contributed by atoms with Crippen molar-refractivity contribution >= 4 is 42.7 Å². The van der Waals surface area contributed by atoms with Crippen molar-refractivity contribution in [3.63, 3.8) is 0 Å². The van der Waals surface area contributed by atoms with Crippen molar-refractivity contribution in [1.82, 2.24) is 0 Å². The van der Waals surface area contributed by atoms with E-state index in [1.54, 1.807) is 22.6 Å². The van der Waals surface area contributed by atoms with Crippen molar-refractivity contribution in [2.45, 2.75) is 9.79 Å². The normalized spacial score (nSPS) is 12.4. The van der Waals surface area contributed by atoms with E-state index in [1.165, 1.54) is 12.1 Å². The molecule has 0 amide bonds. The highest BCUT2D eigenvalue weighted by atomic mass is 127. The monoisotopic (exact) mass is 457 g/mol. The highest BCUT2D eigenvalue weighted by Gasteiger charge is 2.25. The second kappa shape index (κ2) is 5.85. The van der Waals surface area contributed by atoms with Gasteiger partial charge in [-0.2, -0.15) is 8.42 Å². The Labute approximate surface area is 140 Å². The van der Waals surface area contributed by atoms with Gasteiger partial charge in [0.25, 0.3) is 10.1 Å². The van der Waals surface area contributed by atoms with Gasteiger partial charge in [0.05, 0.1) is 4.90 Å². The third kappa shape index (κ3) is 3.46. The Hall–Kier alpha value is -1.08. The Morgan fingerprint density at radius 3 is 2.14 bits per heavy atom. The summed E-state index contributed by atoms with van der Waals surface area (Å²) in [5.41, 5.74) is -0.405. The molecule has 22 heavy (non-hydrogen) atoms. The molecule has 0 fully saturated rings. The van der Waals surface area contributed by atoms with Crippen LogP contribution in [-0.4, -0.2) is 21.4 Å². The van der Waals surface area contributed by atoms with Crippen molar-refractivity contribution in [3.05, 3.63) is 45.8 Å². The molecule has 2 aromatic rings. The van der Waals surface area contributed by atoms with Crippen LogP contribution in [0.2, 0.25) is 0 Å². The topological polar surface area (TPSA) is 115 Å². The zero-order valence-electron chi connectivity index (χ0n) is 10.7. The number of sulfonamides is 1. The Balaban J connectivity index is 2.96. The second-order valence-corrected chi connectivity index (χ2v) is 8.36. The minimum atomic E-state index is -4.73. The molecule has 0 atom stereocenters. The smallest absolute Gasteiger partial charge is 0.282 e. The van der Waals surface area contributed by atoms with E-state index >= 15 is 0 Å². The predicted molar refractivity (Wildman–Crippen MR) is 85.7 cm³/mol. The molecular weight excluding hydrogens is 448 g/mol. The van der Waals surface area contributed by atoms with Gasteiger partial charge in [-0.05, 0) is 52.4 Å². The van der Waals surface area contributed by atoms with Crippen LogP contribution in [-0.2, 0) is 20.1 Å². The molecule has 0 heterocycles. The van der Waals surface area contributed by atoms with Gasteiger partial charge in [-0.1, -0.05) is 12.1 Å². The molecule has 0 aliphatic heterocycles. The van der Waals surface area contributed by atoms with Crippen LogP contribution in [0.15, 0.2) is 46.2 Å². The molecule has 2 rings (SSSR count). The van der Waals surface area contributed by atoms with E-state index in [-0.39, 0.29) is 14.7 Å². The van der Waals surface area contributed by atoms with Crippen LogP contribution >= 0.6 is 22.6 Å². The molecule has 0 aliphatic rings. The van der Waals surface area contributed by atoms with Gasteiger partial charge in [0, 0.05) is 9.13 Å². The molecule has 0 spiro atoms. The van der Waals surface area contributed by atoms with E-state index in [9.17, 15) is 25.8 Å². The highest BCUT2D eigenvalue weighted by Crippen LogP contribution is 2.34. The number of hydrogen-bond donors (Lipinski definition) is 2. The first kappa shape index (κ1) is 17.3. The zero-order valence-corrected chi connectivity index (χ0v) is 14.5. The average molecular weight is 457 g/mol. The lowest BCUT2D eigenvalue weighted by molar-refractivity contribution is 0.483. The maximum atomic E-state index is 13.7. The van der Waals surface area contributed by atoms with Crippen LogP contribution in [0.25, 0.3) is 11.1 Å². The molecule has 0 unspecified atom stereocenters. The van der Waals surface area contributed by atoms with Crippen molar-refractivity contribution < 1.29 is 25.8 Å². The Bertz CT molecular complexity index is 907. The standard InChI is InChI=1S/C12H9FINO5S2/c13-8-6-7(4-5-9(8)14)12-10(21(15,16)17)2-1-3-11(12)22(18,19)20/h1-6H,(H2,15,16,17)(H,18,19,20). The van der Waals surface area contributed by atoms with Gasteiger partial charge in [0.1, 0.15) is 10.7 Å². The van der Waals surface area contributed by atoms with Gasteiger partial charge >= 0.3 is 0 Å². The van der Waals surface area contributed by atoms with Gasteiger partial charge < -0.3 is 0 Å². The molecule has 0 saturated heterocycles. The SMILES string of the molecule is NS(=O)(=O)c1cccc(S(=O)(=O)O)c1-c1ccc(I)c(F)c1. The fourth-order valence-corrected chi connectivity index (χ4v) is 3.82. The molecule has 10 heteroatoms. The van der Waals surface area contributed by atoms with Crippen molar-refractivity contribution in [3.8, 4) is 11.1 Å². The van der Waals surface area contributed by atoms with Crippen LogP contribution in [0.1, 0.15) is 0 Å². The number of hydrogen-bond acceptors (Lipinski definition) is 4. The third-order valence-corrected chi connectivity index (χ3v) is 5.50. The summed E-state index contributed by atoms with van der Waals surface area (Å²) in [6.07, 6.45) is 0. The van der Waals surface area contributed by atoms with Crippen LogP contribution in [0, 0.1) is 9.39 Å². The van der Waals surface area contributed by atoms with Gasteiger partial charge in [-0.3, -0.25) is 4.55 Å². The van der Waals surface area contributed by atoms with E-state index in [4.69, 9.17) is 5.14 Å². The van der Waals surface area contributed by atoms with Crippen molar-refractivity contribution in [2.75, 3.05) is 0 Å². The molecule has 2 aromatic carbocycles. The van der Waals surface area contributed by atoms with Gasteiger partial charge in [0.2, 0.25) is 10.0 Å². The maximum absolute atomic E-state index is 13.7. The zero-order chi connectivity index (χ0) is 16.7. The molecule has 0 saturated carbocycles. The molecule has 6 nitrogen and oxygen atoms in total. The van der Waals surface area contributed by atoms with Gasteiger partial charge in [-0.15, -0.1) is 0 Å². The fourth-order valence-electron chi connectivity index (χ4n) is 1.90. The molecule has 0 bridgehead atoms. The summed E-state index contributed by atoms with van der Waals surface area (Å²) in [7, 11) is -9.02. The molecule has 0 radical (unpaired) electrons. The summed E-state index contributed by atoms with van der Waals surface area (Å²) in [5, 5.41) is 5.08. The number of rotatable bonds is 3. The minimum absolute atomic E-state index is 0.0323. The van der Waals surface area contributed by atoms with E-state index < -0.39 is 35.7 Å². The fraction of sp³-hybridized carbons (Fsp3) is 0. The maximum Gasteiger partial charge on any atom is 0.295 e. The first-order chi connectivity index (χ1) is 10.0. The second-order valence-electron chi connectivity index (χ2n) is 4.28. The Kier molecular flexibility index (Phi) is 4.59. The van der Waals surface area contributed by atoms with E-state index in [1.807, 2.05) is 0 Å².